The minimum atomic E-state index is -3.85. The van der Waals surface area contributed by atoms with E-state index in [1.165, 1.54) is 42.7 Å². The summed E-state index contributed by atoms with van der Waals surface area (Å²) in [4.78, 5) is 23.6. The Hall–Kier alpha value is -2.94. The molecule has 172 valence electrons. The molecular weight excluding hydrogens is 430 g/mol. The first-order valence-electron chi connectivity index (χ1n) is 10.7. The smallest absolute Gasteiger partial charge is 0.274 e. The molecule has 0 fully saturated rings. The minimum absolute atomic E-state index is 0.124. The van der Waals surface area contributed by atoms with E-state index < -0.39 is 27.4 Å². The van der Waals surface area contributed by atoms with E-state index in [0.717, 1.165) is 35.4 Å². The third kappa shape index (κ3) is 5.27. The number of hydrogen-bond donors (Lipinski definition) is 1. The first kappa shape index (κ1) is 23.7. The van der Waals surface area contributed by atoms with Crippen LogP contribution in [0.2, 0.25) is 0 Å². The van der Waals surface area contributed by atoms with Crippen molar-refractivity contribution in [3.8, 4) is 0 Å². The van der Waals surface area contributed by atoms with Gasteiger partial charge in [-0.05, 0) is 61.8 Å². The third-order valence-electron chi connectivity index (χ3n) is 5.95. The molecular formula is C23H29N3O5S. The molecule has 0 spiro atoms. The van der Waals surface area contributed by atoms with Gasteiger partial charge in [-0.1, -0.05) is 31.2 Å². The van der Waals surface area contributed by atoms with Crippen molar-refractivity contribution in [2.75, 3.05) is 17.1 Å². The molecule has 1 aliphatic rings. The molecule has 1 aliphatic carbocycles. The first-order chi connectivity index (χ1) is 15.1. The number of amides is 1. The van der Waals surface area contributed by atoms with E-state index in [1.807, 2.05) is 13.0 Å². The molecule has 0 aliphatic heterocycles. The van der Waals surface area contributed by atoms with Crippen molar-refractivity contribution < 1.29 is 18.1 Å². The van der Waals surface area contributed by atoms with Crippen molar-refractivity contribution in [1.82, 2.24) is 5.32 Å². The zero-order chi connectivity index (χ0) is 23.5. The zero-order valence-electron chi connectivity index (χ0n) is 18.6. The highest BCUT2D eigenvalue weighted by Gasteiger charge is 2.27. The highest BCUT2D eigenvalue weighted by atomic mass is 32.2. The number of sulfonamides is 1. The number of carbonyl (C=O) groups excluding carboxylic acids is 1. The van der Waals surface area contributed by atoms with E-state index in [4.69, 9.17) is 0 Å². The number of benzene rings is 2. The Morgan fingerprint density at radius 1 is 1.19 bits per heavy atom. The topological polar surface area (TPSA) is 110 Å². The largest absolute Gasteiger partial charge is 0.348 e. The second kappa shape index (κ2) is 9.68. The fourth-order valence-electron chi connectivity index (χ4n) is 4.22. The molecule has 0 heterocycles. The molecule has 0 saturated carbocycles. The number of nitro benzene ring substituents is 1. The molecule has 9 heteroatoms. The second-order valence-corrected chi connectivity index (χ2v) is 10.1. The normalized spacial score (nSPS) is 14.3. The molecule has 1 amide bonds. The number of anilines is 1. The molecule has 0 radical (unpaired) electrons. The minimum Gasteiger partial charge on any atom is -0.348 e. The van der Waals surface area contributed by atoms with Crippen LogP contribution in [0.3, 0.4) is 0 Å². The van der Waals surface area contributed by atoms with Gasteiger partial charge >= 0.3 is 0 Å². The summed E-state index contributed by atoms with van der Waals surface area (Å²) in [7, 11) is -3.85. The van der Waals surface area contributed by atoms with Gasteiger partial charge in [-0.15, -0.1) is 0 Å². The maximum Gasteiger partial charge on any atom is 0.274 e. The maximum atomic E-state index is 12.9. The second-order valence-electron chi connectivity index (χ2n) is 8.21. The van der Waals surface area contributed by atoms with Gasteiger partial charge in [0, 0.05) is 6.07 Å². The van der Waals surface area contributed by atoms with E-state index in [1.54, 1.807) is 0 Å². The lowest BCUT2D eigenvalue weighted by Gasteiger charge is -2.26. The summed E-state index contributed by atoms with van der Waals surface area (Å²) < 4.78 is 25.8. The highest BCUT2D eigenvalue weighted by Crippen LogP contribution is 2.30. The fraction of sp³-hybridized carbons (Fsp3) is 0.435. The molecule has 0 saturated heterocycles. The average Bonchev–Trinajstić information content (AvgIpc) is 2.75. The van der Waals surface area contributed by atoms with Crippen LogP contribution in [-0.2, 0) is 27.7 Å². The maximum absolute atomic E-state index is 12.9. The Balaban J connectivity index is 1.83. The number of fused-ring (bicyclic) bond motifs is 1. The molecule has 2 aromatic carbocycles. The number of nitro groups is 1. The van der Waals surface area contributed by atoms with Crippen molar-refractivity contribution in [1.29, 1.82) is 0 Å². The van der Waals surface area contributed by atoms with Crippen LogP contribution in [0.1, 0.15) is 54.5 Å². The Bertz CT molecular complexity index is 1130. The molecule has 0 aromatic heterocycles. The van der Waals surface area contributed by atoms with Gasteiger partial charge in [0.05, 0.1) is 28.5 Å². The third-order valence-corrected chi connectivity index (χ3v) is 7.07. The first-order valence-corrected chi connectivity index (χ1v) is 12.6. The van der Waals surface area contributed by atoms with Gasteiger partial charge in [0.15, 0.2) is 0 Å². The van der Waals surface area contributed by atoms with Crippen LogP contribution in [0.25, 0.3) is 0 Å². The highest BCUT2D eigenvalue weighted by molar-refractivity contribution is 7.92. The Morgan fingerprint density at radius 3 is 2.50 bits per heavy atom. The number of carbonyl (C=O) groups is 1. The van der Waals surface area contributed by atoms with Crippen LogP contribution in [0, 0.1) is 17.0 Å². The van der Waals surface area contributed by atoms with Gasteiger partial charge in [0.1, 0.15) is 6.54 Å². The van der Waals surface area contributed by atoms with Crippen LogP contribution in [0.5, 0.6) is 0 Å². The standard InChI is InChI=1S/C23H29N3O5S/c1-4-20(19-13-12-17-8-5-6-9-18(17)14-19)24-23(27)15-25(32(3,30)31)21-10-7-11-22(16(21)2)26(28)29/h7,10-14,20H,4-6,8-9,15H2,1-3H3,(H,24,27). The summed E-state index contributed by atoms with van der Waals surface area (Å²) >= 11 is 0. The van der Waals surface area contributed by atoms with Crippen molar-refractivity contribution in [3.63, 3.8) is 0 Å². The van der Waals surface area contributed by atoms with Crippen molar-refractivity contribution >= 4 is 27.3 Å². The quantitative estimate of drug-likeness (QED) is 0.477. The molecule has 8 nitrogen and oxygen atoms in total. The van der Waals surface area contributed by atoms with Crippen LogP contribution in [0.4, 0.5) is 11.4 Å². The molecule has 1 unspecified atom stereocenters. The lowest BCUT2D eigenvalue weighted by atomic mass is 9.89. The van der Waals surface area contributed by atoms with Crippen molar-refractivity contribution in [2.45, 2.75) is 52.0 Å². The molecule has 0 bridgehead atoms. The van der Waals surface area contributed by atoms with Gasteiger partial charge in [-0.3, -0.25) is 19.2 Å². The van der Waals surface area contributed by atoms with Crippen molar-refractivity contribution in [2.24, 2.45) is 0 Å². The predicted molar refractivity (Wildman–Crippen MR) is 124 cm³/mol. The molecule has 1 atom stereocenters. The zero-order valence-corrected chi connectivity index (χ0v) is 19.4. The van der Waals surface area contributed by atoms with Gasteiger partial charge in [-0.25, -0.2) is 8.42 Å². The van der Waals surface area contributed by atoms with Gasteiger partial charge < -0.3 is 5.32 Å². The summed E-state index contributed by atoms with van der Waals surface area (Å²) in [6, 6.07) is 10.2. The van der Waals surface area contributed by atoms with Gasteiger partial charge in [0.25, 0.3) is 5.69 Å². The Morgan fingerprint density at radius 2 is 1.88 bits per heavy atom. The summed E-state index contributed by atoms with van der Waals surface area (Å²) in [6.45, 7) is 2.98. The molecule has 1 N–H and O–H groups in total. The van der Waals surface area contributed by atoms with E-state index in [2.05, 4.69) is 17.4 Å². The van der Waals surface area contributed by atoms with E-state index in [9.17, 15) is 23.3 Å². The van der Waals surface area contributed by atoms with Crippen LogP contribution >= 0.6 is 0 Å². The summed E-state index contributed by atoms with van der Waals surface area (Å²) in [5.74, 6) is -0.467. The number of nitrogens with zero attached hydrogens (tertiary/aromatic N) is 2. The SMILES string of the molecule is CCC(NC(=O)CN(c1cccc([N+](=O)[O-])c1C)S(C)(=O)=O)c1ccc2c(c1)CCCC2. The monoisotopic (exact) mass is 459 g/mol. The van der Waals surface area contributed by atoms with E-state index in [-0.39, 0.29) is 23.0 Å². The molecule has 2 aromatic rings. The predicted octanol–water partition coefficient (Wildman–Crippen LogP) is 3.82. The van der Waals surface area contributed by atoms with E-state index >= 15 is 0 Å². The van der Waals surface area contributed by atoms with Crippen LogP contribution < -0.4 is 9.62 Å². The lowest BCUT2D eigenvalue weighted by molar-refractivity contribution is -0.385. The Labute approximate surface area is 188 Å². The fourth-order valence-corrected chi connectivity index (χ4v) is 5.13. The van der Waals surface area contributed by atoms with Gasteiger partial charge in [0.2, 0.25) is 15.9 Å². The summed E-state index contributed by atoms with van der Waals surface area (Å²) in [5.41, 5.74) is 3.78. The van der Waals surface area contributed by atoms with Crippen LogP contribution in [0.15, 0.2) is 36.4 Å². The number of aryl methyl sites for hydroxylation is 2. The van der Waals surface area contributed by atoms with Gasteiger partial charge in [-0.2, -0.15) is 0 Å². The number of rotatable bonds is 8. The number of nitrogens with one attached hydrogen (secondary N) is 1. The Kier molecular flexibility index (Phi) is 7.18. The van der Waals surface area contributed by atoms with E-state index in [0.29, 0.717) is 6.42 Å². The molecule has 3 rings (SSSR count). The number of hydrogen-bond acceptors (Lipinski definition) is 5. The summed E-state index contributed by atoms with van der Waals surface area (Å²) in [6.07, 6.45) is 6.09. The van der Waals surface area contributed by atoms with Crippen LogP contribution in [-0.4, -0.2) is 32.0 Å². The molecule has 32 heavy (non-hydrogen) atoms. The van der Waals surface area contributed by atoms with Crippen molar-refractivity contribution in [3.05, 3.63) is 68.8 Å². The lowest BCUT2D eigenvalue weighted by Crippen LogP contribution is -2.41. The average molecular weight is 460 g/mol. The summed E-state index contributed by atoms with van der Waals surface area (Å²) in [5, 5.41) is 14.2.